The summed E-state index contributed by atoms with van der Waals surface area (Å²) in [7, 11) is 0. The number of unbranched alkanes of at least 4 members (excludes halogenated alkanes) is 8. The van der Waals surface area contributed by atoms with E-state index in [4.69, 9.17) is 0 Å². The lowest BCUT2D eigenvalue weighted by molar-refractivity contribution is -0.131. The standard InChI is InChI=1S/C22H37NO/c1-3-5-6-7-8-9-10-11-15-20-23(4-2)22(24)19-18-21-16-13-12-14-17-21/h12-14,16-17H,3-11,15,18-20H2,1-2H3. The first-order valence-corrected chi connectivity index (χ1v) is 10.1. The second kappa shape index (κ2) is 14.1. The third kappa shape index (κ3) is 9.75. The van der Waals surface area contributed by atoms with Gasteiger partial charge < -0.3 is 4.90 Å². The van der Waals surface area contributed by atoms with Gasteiger partial charge in [0.2, 0.25) is 5.91 Å². The zero-order valence-electron chi connectivity index (χ0n) is 15.9. The molecule has 0 aromatic heterocycles. The van der Waals surface area contributed by atoms with Crippen LogP contribution in [-0.4, -0.2) is 23.9 Å². The number of aryl methyl sites for hydroxylation is 1. The fourth-order valence-electron chi connectivity index (χ4n) is 3.13. The van der Waals surface area contributed by atoms with Crippen molar-refractivity contribution < 1.29 is 4.79 Å². The number of rotatable bonds is 14. The van der Waals surface area contributed by atoms with Crippen molar-refractivity contribution in [1.82, 2.24) is 4.90 Å². The van der Waals surface area contributed by atoms with E-state index >= 15 is 0 Å². The molecule has 1 rings (SSSR count). The van der Waals surface area contributed by atoms with Crippen LogP contribution in [0.4, 0.5) is 0 Å². The summed E-state index contributed by atoms with van der Waals surface area (Å²) in [5, 5.41) is 0. The molecule has 2 heteroatoms. The van der Waals surface area contributed by atoms with Gasteiger partial charge in [0, 0.05) is 19.5 Å². The van der Waals surface area contributed by atoms with Crippen molar-refractivity contribution in [1.29, 1.82) is 0 Å². The SMILES string of the molecule is CCCCCCCCCCCN(CC)C(=O)CCc1ccccc1. The lowest BCUT2D eigenvalue weighted by atomic mass is 10.1. The number of benzene rings is 1. The summed E-state index contributed by atoms with van der Waals surface area (Å²) in [4.78, 5) is 14.4. The average Bonchev–Trinajstić information content (AvgIpc) is 2.62. The van der Waals surface area contributed by atoms with E-state index < -0.39 is 0 Å². The van der Waals surface area contributed by atoms with E-state index in [1.54, 1.807) is 0 Å². The van der Waals surface area contributed by atoms with Gasteiger partial charge in [0.15, 0.2) is 0 Å². The summed E-state index contributed by atoms with van der Waals surface area (Å²) in [6.45, 7) is 6.12. The molecule has 0 fully saturated rings. The molecule has 0 radical (unpaired) electrons. The maximum atomic E-state index is 12.3. The Hall–Kier alpha value is -1.31. The third-order valence-electron chi connectivity index (χ3n) is 4.74. The summed E-state index contributed by atoms with van der Waals surface area (Å²) in [5.41, 5.74) is 1.25. The monoisotopic (exact) mass is 331 g/mol. The molecule has 0 aliphatic heterocycles. The minimum Gasteiger partial charge on any atom is -0.343 e. The highest BCUT2D eigenvalue weighted by Gasteiger charge is 2.10. The quantitative estimate of drug-likeness (QED) is 0.383. The molecular weight excluding hydrogens is 294 g/mol. The molecular formula is C22H37NO. The van der Waals surface area contributed by atoms with Crippen LogP contribution in [0.5, 0.6) is 0 Å². The molecule has 2 nitrogen and oxygen atoms in total. The number of nitrogens with zero attached hydrogens (tertiary/aromatic N) is 1. The van der Waals surface area contributed by atoms with Gasteiger partial charge >= 0.3 is 0 Å². The molecule has 1 aromatic rings. The van der Waals surface area contributed by atoms with Crippen LogP contribution in [0.25, 0.3) is 0 Å². The molecule has 1 amide bonds. The molecule has 0 heterocycles. The van der Waals surface area contributed by atoms with Crippen molar-refractivity contribution in [2.45, 2.75) is 84.5 Å². The minimum absolute atomic E-state index is 0.306. The van der Waals surface area contributed by atoms with Crippen molar-refractivity contribution in [3.63, 3.8) is 0 Å². The predicted octanol–water partition coefficient (Wildman–Crippen LogP) is 6.00. The maximum absolute atomic E-state index is 12.3. The Morgan fingerprint density at radius 3 is 2.00 bits per heavy atom. The molecule has 0 saturated heterocycles. The number of carbonyl (C=O) groups excluding carboxylic acids is 1. The van der Waals surface area contributed by atoms with Crippen molar-refractivity contribution in [2.75, 3.05) is 13.1 Å². The van der Waals surface area contributed by atoms with Crippen LogP contribution in [0, 0.1) is 0 Å². The largest absolute Gasteiger partial charge is 0.343 e. The van der Waals surface area contributed by atoms with E-state index in [0.29, 0.717) is 12.3 Å². The number of hydrogen-bond acceptors (Lipinski definition) is 1. The smallest absolute Gasteiger partial charge is 0.222 e. The van der Waals surface area contributed by atoms with Crippen molar-refractivity contribution in [3.05, 3.63) is 35.9 Å². The molecule has 0 aliphatic carbocycles. The third-order valence-corrected chi connectivity index (χ3v) is 4.74. The normalized spacial score (nSPS) is 10.8. The van der Waals surface area contributed by atoms with E-state index in [2.05, 4.69) is 26.0 Å². The Morgan fingerprint density at radius 2 is 1.42 bits per heavy atom. The zero-order valence-corrected chi connectivity index (χ0v) is 15.9. The lowest BCUT2D eigenvalue weighted by Crippen LogP contribution is -2.31. The highest BCUT2D eigenvalue weighted by atomic mass is 16.2. The van der Waals surface area contributed by atoms with Crippen LogP contribution in [0.3, 0.4) is 0 Å². The zero-order chi connectivity index (χ0) is 17.5. The molecule has 0 N–H and O–H groups in total. The topological polar surface area (TPSA) is 20.3 Å². The molecule has 0 saturated carbocycles. The van der Waals surface area contributed by atoms with Gasteiger partial charge in [-0.1, -0.05) is 88.6 Å². The Bertz CT molecular complexity index is 415. The summed E-state index contributed by atoms with van der Waals surface area (Å²) < 4.78 is 0. The number of amides is 1. The van der Waals surface area contributed by atoms with Gasteiger partial charge in [-0.25, -0.2) is 0 Å². The highest BCUT2D eigenvalue weighted by Crippen LogP contribution is 2.11. The molecule has 0 spiro atoms. The Kier molecular flexibility index (Phi) is 12.2. The predicted molar refractivity (Wildman–Crippen MR) is 104 cm³/mol. The highest BCUT2D eigenvalue weighted by molar-refractivity contribution is 5.76. The van der Waals surface area contributed by atoms with Crippen LogP contribution in [0.1, 0.15) is 83.6 Å². The fourth-order valence-corrected chi connectivity index (χ4v) is 3.13. The first-order valence-electron chi connectivity index (χ1n) is 10.1. The summed E-state index contributed by atoms with van der Waals surface area (Å²) in [6, 6.07) is 10.3. The molecule has 0 unspecified atom stereocenters. The summed E-state index contributed by atoms with van der Waals surface area (Å²) >= 11 is 0. The minimum atomic E-state index is 0.306. The van der Waals surface area contributed by atoms with E-state index in [1.165, 1.54) is 56.9 Å². The maximum Gasteiger partial charge on any atom is 0.222 e. The second-order valence-corrected chi connectivity index (χ2v) is 6.79. The molecule has 24 heavy (non-hydrogen) atoms. The van der Waals surface area contributed by atoms with Gasteiger partial charge in [-0.15, -0.1) is 0 Å². The lowest BCUT2D eigenvalue weighted by Gasteiger charge is -2.21. The Morgan fingerprint density at radius 1 is 0.833 bits per heavy atom. The van der Waals surface area contributed by atoms with Gasteiger partial charge in [0.25, 0.3) is 0 Å². The average molecular weight is 332 g/mol. The number of hydrogen-bond donors (Lipinski definition) is 0. The van der Waals surface area contributed by atoms with Crippen molar-refractivity contribution in [2.24, 2.45) is 0 Å². The first-order chi connectivity index (χ1) is 11.8. The first kappa shape index (κ1) is 20.7. The second-order valence-electron chi connectivity index (χ2n) is 6.79. The summed E-state index contributed by atoms with van der Waals surface area (Å²) in [5.74, 6) is 0.306. The van der Waals surface area contributed by atoms with Crippen LogP contribution < -0.4 is 0 Å². The van der Waals surface area contributed by atoms with Crippen LogP contribution in [0.15, 0.2) is 30.3 Å². The number of carbonyl (C=O) groups is 1. The van der Waals surface area contributed by atoms with Crippen molar-refractivity contribution in [3.8, 4) is 0 Å². The molecule has 0 atom stereocenters. The van der Waals surface area contributed by atoms with Gasteiger partial charge in [-0.2, -0.15) is 0 Å². The van der Waals surface area contributed by atoms with Crippen LogP contribution in [0.2, 0.25) is 0 Å². The van der Waals surface area contributed by atoms with Gasteiger partial charge in [0.05, 0.1) is 0 Å². The Labute approximate surface area is 149 Å². The van der Waals surface area contributed by atoms with Crippen LogP contribution >= 0.6 is 0 Å². The Balaban J connectivity index is 2.07. The van der Waals surface area contributed by atoms with E-state index in [1.807, 2.05) is 23.1 Å². The van der Waals surface area contributed by atoms with Crippen molar-refractivity contribution >= 4 is 5.91 Å². The van der Waals surface area contributed by atoms with Gasteiger partial charge in [-0.05, 0) is 25.3 Å². The van der Waals surface area contributed by atoms with E-state index in [9.17, 15) is 4.79 Å². The molecule has 136 valence electrons. The van der Waals surface area contributed by atoms with E-state index in [0.717, 1.165) is 25.9 Å². The summed E-state index contributed by atoms with van der Waals surface area (Å²) in [6.07, 6.45) is 13.5. The molecule has 0 aliphatic rings. The van der Waals surface area contributed by atoms with Gasteiger partial charge in [0.1, 0.15) is 0 Å². The molecule has 0 bridgehead atoms. The van der Waals surface area contributed by atoms with Gasteiger partial charge in [-0.3, -0.25) is 4.79 Å². The molecule has 1 aromatic carbocycles. The van der Waals surface area contributed by atoms with Crippen LogP contribution in [-0.2, 0) is 11.2 Å². The van der Waals surface area contributed by atoms with E-state index in [-0.39, 0.29) is 0 Å². The fraction of sp³-hybridized carbons (Fsp3) is 0.682.